The van der Waals surface area contributed by atoms with E-state index in [0.717, 1.165) is 18.9 Å². The second-order valence-corrected chi connectivity index (χ2v) is 6.02. The predicted octanol–water partition coefficient (Wildman–Crippen LogP) is 3.18. The molecule has 21 heavy (non-hydrogen) atoms. The molecule has 0 unspecified atom stereocenters. The molecular formula is C16H22N4S. The monoisotopic (exact) mass is 302 g/mol. The smallest absolute Gasteiger partial charge is 0.171 e. The summed E-state index contributed by atoms with van der Waals surface area (Å²) in [6, 6.07) is 10.4. The van der Waals surface area contributed by atoms with Crippen LogP contribution in [-0.4, -0.2) is 21.4 Å². The molecule has 5 heteroatoms. The molecule has 0 saturated heterocycles. The molecule has 0 radical (unpaired) electrons. The summed E-state index contributed by atoms with van der Waals surface area (Å²) in [5, 5.41) is 11.4. The van der Waals surface area contributed by atoms with Crippen LogP contribution in [0, 0.1) is 12.8 Å². The predicted molar refractivity (Wildman–Crippen MR) is 91.6 cm³/mol. The van der Waals surface area contributed by atoms with E-state index in [-0.39, 0.29) is 0 Å². The van der Waals surface area contributed by atoms with Crippen LogP contribution in [0.5, 0.6) is 0 Å². The van der Waals surface area contributed by atoms with Crippen LogP contribution in [0.2, 0.25) is 0 Å². The molecule has 4 nitrogen and oxygen atoms in total. The Hall–Kier alpha value is -1.88. The third-order valence-corrected chi connectivity index (χ3v) is 3.23. The lowest BCUT2D eigenvalue weighted by molar-refractivity contribution is 0.627. The Morgan fingerprint density at radius 2 is 2.14 bits per heavy atom. The minimum absolute atomic E-state index is 0.559. The highest BCUT2D eigenvalue weighted by Crippen LogP contribution is 2.08. The zero-order chi connectivity index (χ0) is 15.2. The summed E-state index contributed by atoms with van der Waals surface area (Å²) >= 11 is 5.24. The van der Waals surface area contributed by atoms with E-state index in [0.29, 0.717) is 11.0 Å². The van der Waals surface area contributed by atoms with Gasteiger partial charge in [-0.05, 0) is 30.6 Å². The number of hydrogen-bond donors (Lipinski definition) is 2. The summed E-state index contributed by atoms with van der Waals surface area (Å²) < 4.78 is 1.90. The maximum atomic E-state index is 5.24. The van der Waals surface area contributed by atoms with E-state index in [4.69, 9.17) is 12.2 Å². The lowest BCUT2D eigenvalue weighted by Gasteiger charge is -2.10. The quantitative estimate of drug-likeness (QED) is 0.833. The second-order valence-electron chi connectivity index (χ2n) is 5.62. The van der Waals surface area contributed by atoms with E-state index in [1.807, 2.05) is 16.9 Å². The number of nitrogens with zero attached hydrogens (tertiary/aromatic N) is 2. The van der Waals surface area contributed by atoms with Crippen molar-refractivity contribution in [3.05, 3.63) is 47.7 Å². The van der Waals surface area contributed by atoms with E-state index in [9.17, 15) is 0 Å². The molecule has 1 aromatic carbocycles. The van der Waals surface area contributed by atoms with Gasteiger partial charge < -0.3 is 10.6 Å². The fraction of sp³-hybridized carbons (Fsp3) is 0.375. The first-order chi connectivity index (χ1) is 10.0. The molecule has 2 rings (SSSR count). The highest BCUT2D eigenvalue weighted by atomic mass is 32.1. The molecule has 0 aliphatic heterocycles. The van der Waals surface area contributed by atoms with Crippen molar-refractivity contribution in [1.29, 1.82) is 0 Å². The first kappa shape index (κ1) is 15.5. The molecule has 1 heterocycles. The lowest BCUT2D eigenvalue weighted by atomic mass is 10.1. The Kier molecular flexibility index (Phi) is 5.33. The molecular weight excluding hydrogens is 280 g/mol. The molecule has 1 aromatic heterocycles. The first-order valence-electron chi connectivity index (χ1n) is 7.17. The average molecular weight is 302 g/mol. The van der Waals surface area contributed by atoms with E-state index < -0.39 is 0 Å². The van der Waals surface area contributed by atoms with Crippen molar-refractivity contribution in [2.45, 2.75) is 27.3 Å². The summed E-state index contributed by atoms with van der Waals surface area (Å²) in [4.78, 5) is 0. The van der Waals surface area contributed by atoms with Crippen LogP contribution in [0.3, 0.4) is 0 Å². The number of nitrogens with one attached hydrogen (secondary N) is 2. The van der Waals surface area contributed by atoms with Crippen molar-refractivity contribution in [3.8, 4) is 0 Å². The normalized spacial score (nSPS) is 10.7. The minimum Gasteiger partial charge on any atom is -0.362 e. The van der Waals surface area contributed by atoms with Gasteiger partial charge in [0.1, 0.15) is 0 Å². The maximum absolute atomic E-state index is 5.24. The fourth-order valence-electron chi connectivity index (χ4n) is 1.97. The van der Waals surface area contributed by atoms with Crippen molar-refractivity contribution in [2.24, 2.45) is 5.92 Å². The van der Waals surface area contributed by atoms with Gasteiger partial charge in [0.15, 0.2) is 10.9 Å². The largest absolute Gasteiger partial charge is 0.362 e. The summed E-state index contributed by atoms with van der Waals surface area (Å²) in [6.07, 6.45) is 1.95. The van der Waals surface area contributed by atoms with E-state index >= 15 is 0 Å². The molecule has 0 spiro atoms. The van der Waals surface area contributed by atoms with E-state index in [2.05, 4.69) is 60.8 Å². The topological polar surface area (TPSA) is 41.9 Å². The average Bonchev–Trinajstić information content (AvgIpc) is 2.83. The van der Waals surface area contributed by atoms with Gasteiger partial charge in [-0.25, -0.2) is 0 Å². The van der Waals surface area contributed by atoms with Gasteiger partial charge in [-0.3, -0.25) is 4.68 Å². The minimum atomic E-state index is 0.559. The number of anilines is 1. The second kappa shape index (κ2) is 7.22. The van der Waals surface area contributed by atoms with Gasteiger partial charge in [0.25, 0.3) is 0 Å². The van der Waals surface area contributed by atoms with Crippen molar-refractivity contribution in [1.82, 2.24) is 15.1 Å². The third-order valence-electron chi connectivity index (χ3n) is 2.98. The standard InChI is InChI=1S/C16H22N4S/c1-12(2)10-17-16(21)18-15-7-8-20(19-15)11-14-6-4-5-13(3)9-14/h4-9,12H,10-11H2,1-3H3,(H2,17,18,19,21). The van der Waals surface area contributed by atoms with Gasteiger partial charge in [0.05, 0.1) is 6.54 Å². The van der Waals surface area contributed by atoms with E-state index in [1.165, 1.54) is 11.1 Å². The van der Waals surface area contributed by atoms with Crippen LogP contribution >= 0.6 is 12.2 Å². The number of aryl methyl sites for hydroxylation is 1. The van der Waals surface area contributed by atoms with Gasteiger partial charge >= 0.3 is 0 Å². The molecule has 2 N–H and O–H groups in total. The summed E-state index contributed by atoms with van der Waals surface area (Å²) in [7, 11) is 0. The summed E-state index contributed by atoms with van der Waals surface area (Å²) in [5.74, 6) is 1.33. The zero-order valence-corrected chi connectivity index (χ0v) is 13.6. The van der Waals surface area contributed by atoms with Crippen molar-refractivity contribution < 1.29 is 0 Å². The van der Waals surface area contributed by atoms with Crippen LogP contribution in [0.25, 0.3) is 0 Å². The first-order valence-corrected chi connectivity index (χ1v) is 7.57. The van der Waals surface area contributed by atoms with Crippen molar-refractivity contribution in [3.63, 3.8) is 0 Å². The van der Waals surface area contributed by atoms with Crippen LogP contribution in [0.1, 0.15) is 25.0 Å². The SMILES string of the molecule is Cc1cccc(Cn2ccc(NC(=S)NCC(C)C)n2)c1. The zero-order valence-electron chi connectivity index (χ0n) is 12.8. The van der Waals surface area contributed by atoms with Crippen molar-refractivity contribution >= 4 is 23.1 Å². The Balaban J connectivity index is 1.91. The molecule has 0 bridgehead atoms. The molecule has 112 valence electrons. The molecule has 0 aliphatic rings. The highest BCUT2D eigenvalue weighted by Gasteiger charge is 2.03. The van der Waals surface area contributed by atoms with Gasteiger partial charge in [-0.15, -0.1) is 0 Å². The molecule has 0 fully saturated rings. The fourth-order valence-corrected chi connectivity index (χ4v) is 2.16. The molecule has 0 saturated carbocycles. The lowest BCUT2D eigenvalue weighted by Crippen LogP contribution is -2.31. The van der Waals surface area contributed by atoms with Gasteiger partial charge in [-0.2, -0.15) is 5.10 Å². The van der Waals surface area contributed by atoms with Gasteiger partial charge in [-0.1, -0.05) is 43.7 Å². The van der Waals surface area contributed by atoms with Crippen LogP contribution in [-0.2, 0) is 6.54 Å². The van der Waals surface area contributed by atoms with Crippen LogP contribution in [0.15, 0.2) is 36.5 Å². The number of benzene rings is 1. The number of aromatic nitrogens is 2. The number of thiocarbonyl (C=S) groups is 1. The third kappa shape index (κ3) is 5.19. The molecule has 0 amide bonds. The molecule has 0 atom stereocenters. The Labute approximate surface area is 131 Å². The highest BCUT2D eigenvalue weighted by molar-refractivity contribution is 7.80. The number of hydrogen-bond acceptors (Lipinski definition) is 2. The Morgan fingerprint density at radius 3 is 2.86 bits per heavy atom. The Bertz CT molecular complexity index is 604. The van der Waals surface area contributed by atoms with Crippen molar-refractivity contribution in [2.75, 3.05) is 11.9 Å². The van der Waals surface area contributed by atoms with Gasteiger partial charge in [0.2, 0.25) is 0 Å². The summed E-state index contributed by atoms with van der Waals surface area (Å²) in [6.45, 7) is 8.00. The molecule has 2 aromatic rings. The van der Waals surface area contributed by atoms with Crippen LogP contribution in [0.4, 0.5) is 5.82 Å². The molecule has 0 aliphatic carbocycles. The Morgan fingerprint density at radius 1 is 1.33 bits per heavy atom. The number of rotatable bonds is 5. The maximum Gasteiger partial charge on any atom is 0.171 e. The van der Waals surface area contributed by atoms with Crippen LogP contribution < -0.4 is 10.6 Å². The van der Waals surface area contributed by atoms with E-state index in [1.54, 1.807) is 0 Å². The summed E-state index contributed by atoms with van der Waals surface area (Å²) in [5.41, 5.74) is 2.50. The van der Waals surface area contributed by atoms with Gasteiger partial charge in [0, 0.05) is 18.8 Å².